The zero-order chi connectivity index (χ0) is 16.9. The first-order valence-electron chi connectivity index (χ1n) is 8.20. The molecule has 1 heterocycles. The number of aryl methyl sites for hydroxylation is 2. The molecule has 24 heavy (non-hydrogen) atoms. The average Bonchev–Trinajstić information content (AvgIpc) is 2.95. The summed E-state index contributed by atoms with van der Waals surface area (Å²) < 4.78 is 7.70. The molecule has 1 N–H and O–H groups in total. The van der Waals surface area contributed by atoms with Gasteiger partial charge in [-0.1, -0.05) is 29.8 Å². The second-order valence-corrected chi connectivity index (χ2v) is 5.82. The minimum absolute atomic E-state index is 0.0233. The van der Waals surface area contributed by atoms with Crippen molar-refractivity contribution in [1.29, 1.82) is 0 Å². The second-order valence-electron chi connectivity index (χ2n) is 5.82. The molecule has 0 aliphatic heterocycles. The number of hydrogen-bond acceptors (Lipinski definition) is 2. The van der Waals surface area contributed by atoms with Crippen molar-refractivity contribution in [3.8, 4) is 5.75 Å². The number of carbonyl (C=O) groups is 1. The largest absolute Gasteiger partial charge is 0.484 e. The highest BCUT2D eigenvalue weighted by atomic mass is 16.5. The molecule has 4 nitrogen and oxygen atoms in total. The Labute approximate surface area is 142 Å². The van der Waals surface area contributed by atoms with Crippen LogP contribution >= 0.6 is 0 Å². The third kappa shape index (κ3) is 3.59. The summed E-state index contributed by atoms with van der Waals surface area (Å²) in [6.45, 7) is 5.60. The molecule has 2 aromatic carbocycles. The van der Waals surface area contributed by atoms with E-state index in [1.807, 2.05) is 30.3 Å². The minimum Gasteiger partial charge on any atom is -0.484 e. The Morgan fingerprint density at radius 1 is 1.12 bits per heavy atom. The van der Waals surface area contributed by atoms with Crippen LogP contribution in [0.15, 0.2) is 54.6 Å². The van der Waals surface area contributed by atoms with Crippen LogP contribution in [0.4, 0.5) is 0 Å². The summed E-state index contributed by atoms with van der Waals surface area (Å²) in [7, 11) is 0. The first-order valence-corrected chi connectivity index (χ1v) is 8.20. The van der Waals surface area contributed by atoms with Gasteiger partial charge in [0.1, 0.15) is 5.75 Å². The van der Waals surface area contributed by atoms with Gasteiger partial charge in [-0.15, -0.1) is 0 Å². The van der Waals surface area contributed by atoms with E-state index >= 15 is 0 Å². The van der Waals surface area contributed by atoms with Gasteiger partial charge in [0.15, 0.2) is 6.61 Å². The van der Waals surface area contributed by atoms with Crippen LogP contribution in [0.2, 0.25) is 0 Å². The number of ether oxygens (including phenoxy) is 1. The molecular weight excluding hydrogens is 300 g/mol. The summed E-state index contributed by atoms with van der Waals surface area (Å²) in [5.41, 5.74) is 3.54. The number of nitrogens with zero attached hydrogens (tertiary/aromatic N) is 1. The summed E-state index contributed by atoms with van der Waals surface area (Å²) in [5, 5.41) is 4.14. The third-order valence-electron chi connectivity index (χ3n) is 4.04. The molecule has 0 atom stereocenters. The Kier molecular flexibility index (Phi) is 4.85. The molecule has 0 radical (unpaired) electrons. The Balaban J connectivity index is 1.63. The van der Waals surface area contributed by atoms with E-state index in [2.05, 4.69) is 48.0 Å². The maximum Gasteiger partial charge on any atom is 0.258 e. The van der Waals surface area contributed by atoms with Crippen LogP contribution in [0.5, 0.6) is 5.75 Å². The fraction of sp³-hybridized carbons (Fsp3) is 0.250. The van der Waals surface area contributed by atoms with E-state index in [1.165, 1.54) is 16.5 Å². The van der Waals surface area contributed by atoms with Gasteiger partial charge in [0.2, 0.25) is 0 Å². The number of hydrogen-bond donors (Lipinski definition) is 1. The van der Waals surface area contributed by atoms with Crippen LogP contribution in [0.1, 0.15) is 18.2 Å². The lowest BCUT2D eigenvalue weighted by molar-refractivity contribution is -0.123. The van der Waals surface area contributed by atoms with E-state index in [9.17, 15) is 4.79 Å². The fourth-order valence-corrected chi connectivity index (χ4v) is 2.87. The van der Waals surface area contributed by atoms with E-state index < -0.39 is 0 Å². The first-order chi connectivity index (χ1) is 11.7. The number of carbonyl (C=O) groups excluding carboxylic acids is 1. The summed E-state index contributed by atoms with van der Waals surface area (Å²) in [6, 6.07) is 17.9. The maximum atomic E-state index is 12.0. The van der Waals surface area contributed by atoms with Gasteiger partial charge >= 0.3 is 0 Å². The molecule has 0 spiro atoms. The number of amides is 1. The lowest BCUT2D eigenvalue weighted by Gasteiger charge is -2.10. The van der Waals surface area contributed by atoms with Gasteiger partial charge in [-0.3, -0.25) is 4.79 Å². The summed E-state index contributed by atoms with van der Waals surface area (Å²) in [5.74, 6) is 0.578. The summed E-state index contributed by atoms with van der Waals surface area (Å²) in [6.07, 6.45) is 0. The van der Waals surface area contributed by atoms with Crippen molar-refractivity contribution in [3.05, 3.63) is 65.9 Å². The molecule has 0 aliphatic rings. The van der Waals surface area contributed by atoms with Crippen LogP contribution < -0.4 is 10.1 Å². The summed E-state index contributed by atoms with van der Waals surface area (Å²) >= 11 is 0. The van der Waals surface area contributed by atoms with Crippen molar-refractivity contribution in [3.63, 3.8) is 0 Å². The van der Waals surface area contributed by atoms with Gasteiger partial charge in [0.25, 0.3) is 5.91 Å². The predicted octanol–water partition coefficient (Wildman–Crippen LogP) is 3.66. The highest BCUT2D eigenvalue weighted by Gasteiger charge is 2.09. The van der Waals surface area contributed by atoms with Crippen LogP contribution in [0.3, 0.4) is 0 Å². The van der Waals surface area contributed by atoms with Gasteiger partial charge in [-0.2, -0.15) is 0 Å². The first kappa shape index (κ1) is 16.1. The monoisotopic (exact) mass is 322 g/mol. The molecule has 0 aliphatic carbocycles. The van der Waals surface area contributed by atoms with Crippen LogP contribution in [0.25, 0.3) is 10.9 Å². The molecule has 3 rings (SSSR count). The number of aromatic nitrogens is 1. The fourth-order valence-electron chi connectivity index (χ4n) is 2.87. The smallest absolute Gasteiger partial charge is 0.258 e. The number of nitrogens with one attached hydrogen (secondary N) is 1. The van der Waals surface area contributed by atoms with Gasteiger partial charge < -0.3 is 14.6 Å². The lowest BCUT2D eigenvalue weighted by atomic mass is 10.2. The van der Waals surface area contributed by atoms with Crippen LogP contribution in [0, 0.1) is 6.92 Å². The van der Waals surface area contributed by atoms with Gasteiger partial charge in [-0.05, 0) is 44.2 Å². The van der Waals surface area contributed by atoms with Gasteiger partial charge in [-0.25, -0.2) is 0 Å². The van der Waals surface area contributed by atoms with Crippen LogP contribution in [-0.4, -0.2) is 17.1 Å². The molecular formula is C20H22N2O2. The summed E-state index contributed by atoms with van der Waals surface area (Å²) in [4.78, 5) is 12.0. The minimum atomic E-state index is -0.122. The lowest BCUT2D eigenvalue weighted by Crippen LogP contribution is -2.29. The van der Waals surface area contributed by atoms with E-state index in [1.54, 1.807) is 0 Å². The van der Waals surface area contributed by atoms with Crippen molar-refractivity contribution >= 4 is 16.8 Å². The molecule has 1 amide bonds. The van der Waals surface area contributed by atoms with E-state index in [-0.39, 0.29) is 12.5 Å². The number of rotatable bonds is 6. The van der Waals surface area contributed by atoms with Crippen molar-refractivity contribution in [2.24, 2.45) is 0 Å². The molecule has 124 valence electrons. The zero-order valence-electron chi connectivity index (χ0n) is 14.1. The van der Waals surface area contributed by atoms with Crippen molar-refractivity contribution in [1.82, 2.24) is 9.88 Å². The topological polar surface area (TPSA) is 43.3 Å². The molecule has 0 saturated carbocycles. The van der Waals surface area contributed by atoms with E-state index in [4.69, 9.17) is 4.74 Å². The normalized spacial score (nSPS) is 10.8. The Hall–Kier alpha value is -2.75. The predicted molar refractivity (Wildman–Crippen MR) is 96.1 cm³/mol. The molecule has 0 fully saturated rings. The zero-order valence-corrected chi connectivity index (χ0v) is 14.1. The Morgan fingerprint density at radius 3 is 2.67 bits per heavy atom. The Morgan fingerprint density at radius 2 is 1.92 bits per heavy atom. The SMILES string of the molecule is CCn1c(CNC(=O)COc2ccccc2)cc2cc(C)ccc21. The molecule has 4 heteroatoms. The molecule has 3 aromatic rings. The van der Waals surface area contributed by atoms with Crippen molar-refractivity contribution < 1.29 is 9.53 Å². The average molecular weight is 322 g/mol. The van der Waals surface area contributed by atoms with Gasteiger partial charge in [0.05, 0.1) is 6.54 Å². The van der Waals surface area contributed by atoms with Crippen LogP contribution in [-0.2, 0) is 17.9 Å². The molecule has 0 bridgehead atoms. The molecule has 0 unspecified atom stereocenters. The number of fused-ring (bicyclic) bond motifs is 1. The number of benzene rings is 2. The maximum absolute atomic E-state index is 12.0. The Bertz CT molecular complexity index is 837. The van der Waals surface area contributed by atoms with E-state index in [0.717, 1.165) is 12.2 Å². The van der Waals surface area contributed by atoms with Crippen molar-refractivity contribution in [2.45, 2.75) is 26.9 Å². The quantitative estimate of drug-likeness (QED) is 0.752. The van der Waals surface area contributed by atoms with Gasteiger partial charge in [0, 0.05) is 23.1 Å². The van der Waals surface area contributed by atoms with E-state index in [0.29, 0.717) is 12.3 Å². The molecule has 1 aromatic heterocycles. The van der Waals surface area contributed by atoms with Crippen molar-refractivity contribution in [2.75, 3.05) is 6.61 Å². The number of para-hydroxylation sites is 1. The second kappa shape index (κ2) is 7.21. The molecule has 0 saturated heterocycles. The standard InChI is InChI=1S/C20H22N2O2/c1-3-22-17(12-16-11-15(2)9-10-19(16)22)13-21-20(23)14-24-18-7-5-4-6-8-18/h4-12H,3,13-14H2,1-2H3,(H,21,23). The highest BCUT2D eigenvalue weighted by molar-refractivity contribution is 5.82. The third-order valence-corrected chi connectivity index (χ3v) is 4.04. The highest BCUT2D eigenvalue weighted by Crippen LogP contribution is 2.21.